The fourth-order valence-corrected chi connectivity index (χ4v) is 1.25. The van der Waals surface area contributed by atoms with Crippen LogP contribution in [-0.2, 0) is 6.42 Å². The standard InChI is InChI=1S/C5H8ClN3S/c1-3(7)2-4-8-5(6)10-9-4/h3H,2,7H2,1H3. The number of hydrogen-bond acceptors (Lipinski definition) is 4. The van der Waals surface area contributed by atoms with Gasteiger partial charge in [-0.1, -0.05) is 0 Å². The highest BCUT2D eigenvalue weighted by Crippen LogP contribution is 2.11. The van der Waals surface area contributed by atoms with Gasteiger partial charge in [-0.3, -0.25) is 0 Å². The van der Waals surface area contributed by atoms with Crippen LogP contribution in [0, 0.1) is 0 Å². The molecule has 1 unspecified atom stereocenters. The highest BCUT2D eigenvalue weighted by atomic mass is 35.5. The molecule has 0 aliphatic carbocycles. The van der Waals surface area contributed by atoms with E-state index in [-0.39, 0.29) is 6.04 Å². The summed E-state index contributed by atoms with van der Waals surface area (Å²) in [7, 11) is 0. The second kappa shape index (κ2) is 3.27. The summed E-state index contributed by atoms with van der Waals surface area (Å²) in [6.45, 7) is 1.91. The molecule has 10 heavy (non-hydrogen) atoms. The van der Waals surface area contributed by atoms with Gasteiger partial charge in [-0.05, 0) is 30.1 Å². The van der Waals surface area contributed by atoms with Gasteiger partial charge in [0.1, 0.15) is 5.82 Å². The lowest BCUT2D eigenvalue weighted by Gasteiger charge is -1.97. The zero-order valence-corrected chi connectivity index (χ0v) is 7.11. The molecule has 3 nitrogen and oxygen atoms in total. The van der Waals surface area contributed by atoms with Crippen molar-refractivity contribution in [3.05, 3.63) is 10.3 Å². The summed E-state index contributed by atoms with van der Waals surface area (Å²) in [5.74, 6) is 0.741. The largest absolute Gasteiger partial charge is 0.328 e. The van der Waals surface area contributed by atoms with Crippen molar-refractivity contribution in [2.24, 2.45) is 5.73 Å². The minimum absolute atomic E-state index is 0.102. The maximum absolute atomic E-state index is 5.55. The molecule has 56 valence electrons. The van der Waals surface area contributed by atoms with E-state index in [1.807, 2.05) is 6.92 Å². The van der Waals surface area contributed by atoms with Gasteiger partial charge in [0, 0.05) is 12.5 Å². The minimum atomic E-state index is 0.102. The smallest absolute Gasteiger partial charge is 0.203 e. The molecule has 1 aromatic rings. The Bertz CT molecular complexity index is 210. The van der Waals surface area contributed by atoms with Crippen LogP contribution in [0.15, 0.2) is 0 Å². The molecule has 1 aromatic heterocycles. The van der Waals surface area contributed by atoms with Crippen molar-refractivity contribution >= 4 is 23.1 Å². The lowest BCUT2D eigenvalue weighted by Crippen LogP contribution is -2.18. The monoisotopic (exact) mass is 177 g/mol. The second-order valence-corrected chi connectivity index (χ2v) is 3.48. The Balaban J connectivity index is 2.58. The first-order valence-electron chi connectivity index (χ1n) is 2.92. The average Bonchev–Trinajstić information content (AvgIpc) is 2.13. The molecule has 0 fully saturated rings. The van der Waals surface area contributed by atoms with E-state index in [9.17, 15) is 0 Å². The van der Waals surface area contributed by atoms with E-state index in [4.69, 9.17) is 17.3 Å². The first-order chi connectivity index (χ1) is 4.68. The Hall–Kier alpha value is -0.190. The topological polar surface area (TPSA) is 51.8 Å². The summed E-state index contributed by atoms with van der Waals surface area (Å²) in [6, 6.07) is 0.102. The van der Waals surface area contributed by atoms with Gasteiger partial charge in [0.25, 0.3) is 0 Å². The fraction of sp³-hybridized carbons (Fsp3) is 0.600. The van der Waals surface area contributed by atoms with Gasteiger partial charge in [-0.15, -0.1) is 0 Å². The molecule has 0 radical (unpaired) electrons. The second-order valence-electron chi connectivity index (χ2n) is 2.14. The molecule has 2 N–H and O–H groups in total. The maximum Gasteiger partial charge on any atom is 0.203 e. The molecular formula is C5H8ClN3S. The van der Waals surface area contributed by atoms with Crippen molar-refractivity contribution in [2.45, 2.75) is 19.4 Å². The van der Waals surface area contributed by atoms with E-state index in [1.165, 1.54) is 11.5 Å². The predicted octanol–water partition coefficient (Wildman–Crippen LogP) is 1.08. The lowest BCUT2D eigenvalue weighted by molar-refractivity contribution is 0.712. The quantitative estimate of drug-likeness (QED) is 0.736. The van der Waals surface area contributed by atoms with Crippen LogP contribution >= 0.6 is 23.1 Å². The SMILES string of the molecule is CC(N)Cc1nsc(Cl)n1. The Labute approximate surface area is 68.4 Å². The number of rotatable bonds is 2. The number of halogens is 1. The van der Waals surface area contributed by atoms with E-state index in [0.717, 1.165) is 5.82 Å². The summed E-state index contributed by atoms with van der Waals surface area (Å²) < 4.78 is 4.46. The van der Waals surface area contributed by atoms with E-state index in [2.05, 4.69) is 9.36 Å². The number of hydrogen-bond donors (Lipinski definition) is 1. The molecule has 5 heteroatoms. The third-order valence-corrected chi connectivity index (χ3v) is 1.78. The van der Waals surface area contributed by atoms with Gasteiger partial charge in [0.15, 0.2) is 0 Å². The molecule has 0 saturated carbocycles. The van der Waals surface area contributed by atoms with Crippen LogP contribution in [0.2, 0.25) is 4.47 Å². The Morgan fingerprint density at radius 3 is 2.90 bits per heavy atom. The average molecular weight is 178 g/mol. The first-order valence-corrected chi connectivity index (χ1v) is 4.07. The van der Waals surface area contributed by atoms with E-state index in [1.54, 1.807) is 0 Å². The Morgan fingerprint density at radius 1 is 1.80 bits per heavy atom. The highest BCUT2D eigenvalue weighted by Gasteiger charge is 2.03. The lowest BCUT2D eigenvalue weighted by atomic mass is 10.2. The first kappa shape index (κ1) is 7.91. The van der Waals surface area contributed by atoms with Crippen molar-refractivity contribution in [1.82, 2.24) is 9.36 Å². The molecule has 1 atom stereocenters. The molecule has 0 spiro atoms. The molecule has 0 bridgehead atoms. The van der Waals surface area contributed by atoms with Crippen molar-refractivity contribution in [3.63, 3.8) is 0 Å². The molecule has 0 saturated heterocycles. The Morgan fingerprint density at radius 2 is 2.50 bits per heavy atom. The van der Waals surface area contributed by atoms with Gasteiger partial charge in [0.05, 0.1) is 0 Å². The van der Waals surface area contributed by atoms with Gasteiger partial charge in [-0.2, -0.15) is 4.37 Å². The van der Waals surface area contributed by atoms with Gasteiger partial charge in [-0.25, -0.2) is 4.98 Å². The summed E-state index contributed by atoms with van der Waals surface area (Å²) >= 11 is 6.74. The van der Waals surface area contributed by atoms with Crippen LogP contribution in [0.1, 0.15) is 12.7 Å². The molecule has 0 aliphatic heterocycles. The molecular weight excluding hydrogens is 170 g/mol. The van der Waals surface area contributed by atoms with Crippen molar-refractivity contribution in [3.8, 4) is 0 Å². The van der Waals surface area contributed by atoms with E-state index < -0.39 is 0 Å². The third-order valence-electron chi connectivity index (χ3n) is 0.948. The highest BCUT2D eigenvalue weighted by molar-refractivity contribution is 7.10. The van der Waals surface area contributed by atoms with Crippen LogP contribution in [0.25, 0.3) is 0 Å². The molecule has 0 aliphatic rings. The zero-order valence-electron chi connectivity index (χ0n) is 5.54. The fourth-order valence-electron chi connectivity index (χ4n) is 0.604. The molecule has 1 rings (SSSR count). The van der Waals surface area contributed by atoms with Crippen LogP contribution < -0.4 is 5.73 Å². The molecule has 0 amide bonds. The van der Waals surface area contributed by atoms with Crippen LogP contribution in [-0.4, -0.2) is 15.4 Å². The maximum atomic E-state index is 5.55. The summed E-state index contributed by atoms with van der Waals surface area (Å²) in [4.78, 5) is 3.94. The van der Waals surface area contributed by atoms with Crippen molar-refractivity contribution in [2.75, 3.05) is 0 Å². The van der Waals surface area contributed by atoms with Crippen molar-refractivity contribution < 1.29 is 0 Å². The predicted molar refractivity (Wildman–Crippen MR) is 42.3 cm³/mol. The number of nitrogens with zero attached hydrogens (tertiary/aromatic N) is 2. The van der Waals surface area contributed by atoms with Gasteiger partial charge >= 0.3 is 0 Å². The molecule has 1 heterocycles. The van der Waals surface area contributed by atoms with Crippen LogP contribution in [0.5, 0.6) is 0 Å². The minimum Gasteiger partial charge on any atom is -0.328 e. The van der Waals surface area contributed by atoms with Crippen LogP contribution in [0.4, 0.5) is 0 Å². The van der Waals surface area contributed by atoms with E-state index >= 15 is 0 Å². The summed E-state index contributed by atoms with van der Waals surface area (Å²) in [5, 5.41) is 0. The van der Waals surface area contributed by atoms with Gasteiger partial charge in [0.2, 0.25) is 4.47 Å². The number of nitrogens with two attached hydrogens (primary N) is 1. The van der Waals surface area contributed by atoms with Crippen molar-refractivity contribution in [1.29, 1.82) is 0 Å². The molecule has 0 aromatic carbocycles. The summed E-state index contributed by atoms with van der Waals surface area (Å²) in [5.41, 5.74) is 5.52. The summed E-state index contributed by atoms with van der Waals surface area (Å²) in [6.07, 6.45) is 0.698. The number of aromatic nitrogens is 2. The van der Waals surface area contributed by atoms with Gasteiger partial charge < -0.3 is 5.73 Å². The third kappa shape index (κ3) is 2.21. The van der Waals surface area contributed by atoms with E-state index in [0.29, 0.717) is 10.9 Å². The normalized spacial score (nSPS) is 13.5. The van der Waals surface area contributed by atoms with Crippen LogP contribution in [0.3, 0.4) is 0 Å². The Kier molecular flexibility index (Phi) is 2.59. The zero-order chi connectivity index (χ0) is 7.56.